The SMILES string of the molecule is CNc1ccc(-c2nc(NC)c(C=O)c(SC=N)n2)cc1. The minimum absolute atomic E-state index is 0.363. The number of nitrogens with zero attached hydrogens (tertiary/aromatic N) is 2. The summed E-state index contributed by atoms with van der Waals surface area (Å²) in [5, 5.41) is 13.6. The van der Waals surface area contributed by atoms with Crippen molar-refractivity contribution in [2.24, 2.45) is 0 Å². The van der Waals surface area contributed by atoms with Crippen molar-refractivity contribution >= 4 is 35.1 Å². The van der Waals surface area contributed by atoms with Gasteiger partial charge in [0.1, 0.15) is 10.8 Å². The van der Waals surface area contributed by atoms with Crippen molar-refractivity contribution in [3.8, 4) is 11.4 Å². The smallest absolute Gasteiger partial charge is 0.162 e. The van der Waals surface area contributed by atoms with E-state index in [2.05, 4.69) is 20.6 Å². The topological polar surface area (TPSA) is 90.8 Å². The van der Waals surface area contributed by atoms with Crippen molar-refractivity contribution in [1.82, 2.24) is 9.97 Å². The van der Waals surface area contributed by atoms with Crippen LogP contribution in [0.4, 0.5) is 11.5 Å². The van der Waals surface area contributed by atoms with E-state index in [0.717, 1.165) is 28.6 Å². The van der Waals surface area contributed by atoms with Crippen molar-refractivity contribution in [3.63, 3.8) is 0 Å². The summed E-state index contributed by atoms with van der Waals surface area (Å²) in [5.41, 5.74) is 3.34. The van der Waals surface area contributed by atoms with Gasteiger partial charge in [0.05, 0.1) is 11.1 Å². The van der Waals surface area contributed by atoms with Gasteiger partial charge in [0.25, 0.3) is 0 Å². The molecule has 6 nitrogen and oxygen atoms in total. The first kappa shape index (κ1) is 15.0. The van der Waals surface area contributed by atoms with Gasteiger partial charge in [-0.25, -0.2) is 9.97 Å². The number of thioether (sulfide) groups is 1. The molecule has 2 rings (SSSR count). The Morgan fingerprint density at radius 2 is 1.86 bits per heavy atom. The minimum Gasteiger partial charge on any atom is -0.388 e. The Bertz CT molecular complexity index is 657. The van der Waals surface area contributed by atoms with Gasteiger partial charge >= 0.3 is 0 Å². The monoisotopic (exact) mass is 301 g/mol. The fourth-order valence-corrected chi connectivity index (χ4v) is 2.33. The molecular weight excluding hydrogens is 286 g/mol. The molecule has 0 spiro atoms. The van der Waals surface area contributed by atoms with Crippen LogP contribution >= 0.6 is 11.8 Å². The molecular formula is C14H15N5OS. The van der Waals surface area contributed by atoms with Crippen molar-refractivity contribution in [3.05, 3.63) is 29.8 Å². The molecule has 7 heteroatoms. The first-order chi connectivity index (χ1) is 10.2. The second-order valence-corrected chi connectivity index (χ2v) is 4.90. The maximum absolute atomic E-state index is 11.2. The molecule has 0 saturated heterocycles. The predicted molar refractivity (Wildman–Crippen MR) is 86.6 cm³/mol. The number of nitrogens with one attached hydrogen (secondary N) is 3. The third-order valence-corrected chi connectivity index (χ3v) is 3.52. The molecule has 108 valence electrons. The summed E-state index contributed by atoms with van der Waals surface area (Å²) in [7, 11) is 3.55. The molecule has 1 aromatic carbocycles. The largest absolute Gasteiger partial charge is 0.388 e. The van der Waals surface area contributed by atoms with E-state index >= 15 is 0 Å². The zero-order chi connectivity index (χ0) is 15.2. The molecule has 0 aliphatic rings. The molecule has 2 aromatic rings. The summed E-state index contributed by atoms with van der Waals surface area (Å²) in [4.78, 5) is 19.9. The maximum Gasteiger partial charge on any atom is 0.162 e. The number of hydrogen-bond donors (Lipinski definition) is 3. The van der Waals surface area contributed by atoms with E-state index in [9.17, 15) is 4.79 Å². The fourth-order valence-electron chi connectivity index (χ4n) is 1.81. The first-order valence-corrected chi connectivity index (χ1v) is 7.10. The Balaban J connectivity index is 2.54. The van der Waals surface area contributed by atoms with Crippen LogP contribution in [-0.4, -0.2) is 35.9 Å². The normalized spacial score (nSPS) is 10.0. The molecule has 1 aromatic heterocycles. The van der Waals surface area contributed by atoms with E-state index in [-0.39, 0.29) is 0 Å². The molecule has 0 radical (unpaired) electrons. The lowest BCUT2D eigenvalue weighted by Gasteiger charge is -2.10. The lowest BCUT2D eigenvalue weighted by molar-refractivity contribution is 0.112. The molecule has 0 aliphatic heterocycles. The van der Waals surface area contributed by atoms with E-state index in [1.165, 1.54) is 0 Å². The van der Waals surface area contributed by atoms with Crippen molar-refractivity contribution in [1.29, 1.82) is 5.41 Å². The van der Waals surface area contributed by atoms with E-state index in [0.29, 0.717) is 28.5 Å². The van der Waals surface area contributed by atoms with Crippen LogP contribution in [0.2, 0.25) is 0 Å². The number of rotatable bonds is 6. The molecule has 0 atom stereocenters. The van der Waals surface area contributed by atoms with Gasteiger partial charge in [-0.3, -0.25) is 4.79 Å². The van der Waals surface area contributed by atoms with Crippen LogP contribution in [0.25, 0.3) is 11.4 Å². The quantitative estimate of drug-likeness (QED) is 0.250. The maximum atomic E-state index is 11.2. The molecule has 0 amide bonds. The van der Waals surface area contributed by atoms with Crippen molar-refractivity contribution in [2.75, 3.05) is 24.7 Å². The lowest BCUT2D eigenvalue weighted by Crippen LogP contribution is -2.04. The molecule has 0 bridgehead atoms. The van der Waals surface area contributed by atoms with Crippen LogP contribution in [0.15, 0.2) is 29.3 Å². The van der Waals surface area contributed by atoms with Gasteiger partial charge in [-0.1, -0.05) is 11.8 Å². The van der Waals surface area contributed by atoms with Gasteiger partial charge in [0, 0.05) is 25.3 Å². The predicted octanol–water partition coefficient (Wildman–Crippen LogP) is 2.74. The summed E-state index contributed by atoms with van der Waals surface area (Å²) < 4.78 is 0. The lowest BCUT2D eigenvalue weighted by atomic mass is 10.2. The van der Waals surface area contributed by atoms with Gasteiger partial charge < -0.3 is 16.0 Å². The third-order valence-electron chi connectivity index (χ3n) is 2.87. The number of aldehydes is 1. The van der Waals surface area contributed by atoms with E-state index in [1.54, 1.807) is 7.05 Å². The zero-order valence-electron chi connectivity index (χ0n) is 11.7. The number of hydrogen-bond acceptors (Lipinski definition) is 7. The molecule has 0 aliphatic carbocycles. The average Bonchev–Trinajstić information content (AvgIpc) is 2.54. The van der Waals surface area contributed by atoms with E-state index in [4.69, 9.17) is 5.41 Å². The second kappa shape index (κ2) is 6.85. The summed E-state index contributed by atoms with van der Waals surface area (Å²) in [5.74, 6) is 0.967. The number of aromatic nitrogens is 2. The van der Waals surface area contributed by atoms with Gasteiger partial charge in [-0.2, -0.15) is 0 Å². The summed E-state index contributed by atoms with van der Waals surface area (Å²) in [6, 6.07) is 7.66. The Kier molecular flexibility index (Phi) is 4.89. The van der Waals surface area contributed by atoms with E-state index < -0.39 is 0 Å². The van der Waals surface area contributed by atoms with Gasteiger partial charge in [0.2, 0.25) is 0 Å². The van der Waals surface area contributed by atoms with Crippen LogP contribution in [0.3, 0.4) is 0 Å². The Morgan fingerprint density at radius 3 is 2.38 bits per heavy atom. The molecule has 0 fully saturated rings. The summed E-state index contributed by atoms with van der Waals surface area (Å²) in [6.07, 6.45) is 0.700. The van der Waals surface area contributed by atoms with E-state index in [1.807, 2.05) is 31.3 Å². The highest BCUT2D eigenvalue weighted by Crippen LogP contribution is 2.27. The highest BCUT2D eigenvalue weighted by atomic mass is 32.2. The van der Waals surface area contributed by atoms with Crippen molar-refractivity contribution in [2.45, 2.75) is 5.03 Å². The van der Waals surface area contributed by atoms with Crippen molar-refractivity contribution < 1.29 is 4.79 Å². The van der Waals surface area contributed by atoms with Gasteiger partial charge in [-0.05, 0) is 24.3 Å². The van der Waals surface area contributed by atoms with Crippen LogP contribution in [0, 0.1) is 5.41 Å². The first-order valence-electron chi connectivity index (χ1n) is 6.22. The number of benzene rings is 1. The second-order valence-electron chi connectivity index (χ2n) is 4.05. The fraction of sp³-hybridized carbons (Fsp3) is 0.143. The zero-order valence-corrected chi connectivity index (χ0v) is 12.5. The van der Waals surface area contributed by atoms with Gasteiger partial charge in [-0.15, -0.1) is 0 Å². The Labute approximate surface area is 126 Å². The molecule has 0 saturated carbocycles. The minimum atomic E-state index is 0.363. The molecule has 1 heterocycles. The van der Waals surface area contributed by atoms with Crippen LogP contribution in [-0.2, 0) is 0 Å². The van der Waals surface area contributed by atoms with Crippen LogP contribution in [0.1, 0.15) is 10.4 Å². The highest BCUT2D eigenvalue weighted by Gasteiger charge is 2.14. The van der Waals surface area contributed by atoms with Crippen LogP contribution < -0.4 is 10.6 Å². The van der Waals surface area contributed by atoms with Gasteiger partial charge in [0.15, 0.2) is 12.1 Å². The third kappa shape index (κ3) is 3.19. The number of carbonyl (C=O) groups excluding carboxylic acids is 1. The number of carbonyl (C=O) groups is 1. The summed E-state index contributed by atoms with van der Waals surface area (Å²) in [6.45, 7) is 0. The average molecular weight is 301 g/mol. The molecule has 21 heavy (non-hydrogen) atoms. The molecule has 0 unspecified atom stereocenters. The summed E-state index contributed by atoms with van der Waals surface area (Å²) >= 11 is 1.08. The molecule has 3 N–H and O–H groups in total. The van der Waals surface area contributed by atoms with Crippen LogP contribution in [0.5, 0.6) is 0 Å². The number of anilines is 2. The Morgan fingerprint density at radius 1 is 1.14 bits per heavy atom. The standard InChI is InChI=1S/C14H15N5OS/c1-16-10-5-3-9(4-6-10)12-18-13(17-2)11(7-20)14(19-12)21-8-15/h3-8,15-16H,1-2H3,(H,17,18,19). The Hall–Kier alpha value is -2.41. The highest BCUT2D eigenvalue weighted by molar-refractivity contribution is 8.12.